The molecule has 4 aliphatic rings. The highest BCUT2D eigenvalue weighted by Gasteiger charge is 2.56. The zero-order valence-electron chi connectivity index (χ0n) is 33.5. The van der Waals surface area contributed by atoms with Gasteiger partial charge in [-0.2, -0.15) is 4.31 Å². The summed E-state index contributed by atoms with van der Waals surface area (Å²) < 4.78 is 48.3. The molecule has 1 N–H and O–H groups in total. The van der Waals surface area contributed by atoms with Gasteiger partial charge in [0.1, 0.15) is 23.4 Å². The van der Waals surface area contributed by atoms with Crippen molar-refractivity contribution in [2.24, 2.45) is 28.6 Å². The van der Waals surface area contributed by atoms with Gasteiger partial charge < -0.3 is 15.0 Å². The third kappa shape index (κ3) is 9.37. The molecule has 3 aromatic rings. The number of benzene rings is 3. The average molecular weight is 761 g/mol. The Morgan fingerprint density at radius 1 is 1.00 bits per heavy atom. The van der Waals surface area contributed by atoms with Crippen LogP contribution in [0.5, 0.6) is 11.5 Å². The Bertz CT molecular complexity index is 1880. The summed E-state index contributed by atoms with van der Waals surface area (Å²) >= 11 is 0. The predicted octanol–water partition coefficient (Wildman–Crippen LogP) is 8.08. The molecule has 2 bridgehead atoms. The summed E-state index contributed by atoms with van der Waals surface area (Å²) in [5.74, 6) is 2.36. The van der Waals surface area contributed by atoms with Gasteiger partial charge in [-0.25, -0.2) is 12.8 Å². The van der Waals surface area contributed by atoms with Crippen LogP contribution in [0.3, 0.4) is 0 Å². The molecule has 54 heavy (non-hydrogen) atoms. The van der Waals surface area contributed by atoms with Crippen molar-refractivity contribution in [2.75, 3.05) is 26.4 Å². The van der Waals surface area contributed by atoms with Crippen LogP contribution in [-0.2, 0) is 34.5 Å². The molecule has 3 aliphatic carbocycles. The maximum absolute atomic E-state index is 13.8. The van der Waals surface area contributed by atoms with E-state index in [2.05, 4.69) is 89.0 Å². The zero-order chi connectivity index (χ0) is 39.0. The van der Waals surface area contributed by atoms with Crippen molar-refractivity contribution < 1.29 is 22.3 Å². The molecule has 1 aliphatic heterocycles. The highest BCUT2D eigenvalue weighted by Crippen LogP contribution is 2.61. The lowest BCUT2D eigenvalue weighted by Gasteiger charge is -2.62. The summed E-state index contributed by atoms with van der Waals surface area (Å²) in [7, 11) is 0.608. The Kier molecular flexibility index (Phi) is 12.0. The monoisotopic (exact) mass is 760 g/mol. The van der Waals surface area contributed by atoms with Crippen molar-refractivity contribution in [1.29, 1.82) is 0 Å². The molecule has 1 saturated heterocycles. The molecule has 8 nitrogen and oxygen atoms in total. The van der Waals surface area contributed by atoms with Crippen LogP contribution in [-0.4, -0.2) is 72.9 Å². The molecule has 0 radical (unpaired) electrons. The van der Waals surface area contributed by atoms with Gasteiger partial charge in [0.05, 0.1) is 5.75 Å². The molecule has 0 spiro atoms. The molecule has 10 heteroatoms. The Hall–Kier alpha value is -3.31. The number of nitrogens with zero attached hydrogens (tertiary/aromatic N) is 3. The van der Waals surface area contributed by atoms with Gasteiger partial charge in [-0.15, -0.1) is 0 Å². The molecule has 3 saturated carbocycles. The molecular weight excluding hydrogens is 700 g/mol. The Morgan fingerprint density at radius 2 is 1.70 bits per heavy atom. The van der Waals surface area contributed by atoms with Crippen molar-refractivity contribution in [3.05, 3.63) is 95.3 Å². The number of para-hydroxylation sites is 1. The molecule has 7 rings (SSSR count). The smallest absolute Gasteiger partial charge is 0.238 e. The number of nitrogens with one attached hydrogen (secondary N) is 1. The van der Waals surface area contributed by atoms with Gasteiger partial charge in [0.15, 0.2) is 0 Å². The second-order valence-corrected chi connectivity index (χ2v) is 20.3. The maximum atomic E-state index is 13.8. The zero-order valence-corrected chi connectivity index (χ0v) is 34.3. The summed E-state index contributed by atoms with van der Waals surface area (Å²) in [5.41, 5.74) is 3.32. The van der Waals surface area contributed by atoms with Crippen LogP contribution < -0.4 is 10.1 Å². The summed E-state index contributed by atoms with van der Waals surface area (Å²) in [6.07, 6.45) is 3.44. The quantitative estimate of drug-likeness (QED) is 0.179. The van der Waals surface area contributed by atoms with E-state index in [-0.39, 0.29) is 41.5 Å². The number of carbonyl (C=O) groups is 1. The maximum Gasteiger partial charge on any atom is 0.238 e. The average Bonchev–Trinajstić information content (AvgIpc) is 3.39. The van der Waals surface area contributed by atoms with E-state index in [0.29, 0.717) is 54.2 Å². The molecule has 1 unspecified atom stereocenters. The second kappa shape index (κ2) is 16.0. The van der Waals surface area contributed by atoms with Crippen LogP contribution in [0.2, 0.25) is 0 Å². The van der Waals surface area contributed by atoms with Gasteiger partial charge >= 0.3 is 0 Å². The van der Waals surface area contributed by atoms with Crippen LogP contribution in [0.1, 0.15) is 83.9 Å². The minimum absolute atomic E-state index is 0.0184. The Balaban J connectivity index is 1.22. The number of hydrogen-bond acceptors (Lipinski definition) is 6. The molecule has 294 valence electrons. The molecule has 1 heterocycles. The van der Waals surface area contributed by atoms with Crippen LogP contribution in [0.25, 0.3) is 0 Å². The van der Waals surface area contributed by atoms with E-state index >= 15 is 0 Å². The van der Waals surface area contributed by atoms with E-state index in [4.69, 9.17) is 4.74 Å². The molecule has 4 fully saturated rings. The molecule has 0 aromatic heterocycles. The fraction of sp³-hybridized carbons (Fsp3) is 0.568. The number of likely N-dealkylation sites (N-methyl/N-ethyl adjacent to an activating group) is 1. The van der Waals surface area contributed by atoms with Gasteiger partial charge in [0, 0.05) is 43.8 Å². The minimum Gasteiger partial charge on any atom is -0.457 e. The number of halogens is 1. The first-order valence-corrected chi connectivity index (χ1v) is 21.3. The van der Waals surface area contributed by atoms with Crippen molar-refractivity contribution in [2.45, 2.75) is 105 Å². The summed E-state index contributed by atoms with van der Waals surface area (Å²) in [4.78, 5) is 18.5. The Morgan fingerprint density at radius 3 is 2.37 bits per heavy atom. The highest BCUT2D eigenvalue weighted by atomic mass is 32.2. The number of ether oxygens (including phenoxy) is 1. The molecule has 1 amide bonds. The summed E-state index contributed by atoms with van der Waals surface area (Å²) in [6, 6.07) is 21.8. The first-order chi connectivity index (χ1) is 25.4. The number of carbonyl (C=O) groups excluding carboxylic acids is 1. The van der Waals surface area contributed by atoms with Crippen molar-refractivity contribution in [3.8, 4) is 11.5 Å². The van der Waals surface area contributed by atoms with E-state index in [1.165, 1.54) is 22.9 Å². The second-order valence-electron chi connectivity index (χ2n) is 18.3. The normalized spacial score (nSPS) is 25.4. The highest BCUT2D eigenvalue weighted by molar-refractivity contribution is 7.89. The molecule has 3 aromatic carbocycles. The van der Waals surface area contributed by atoms with E-state index < -0.39 is 16.1 Å². The minimum atomic E-state index is -3.59. The number of sulfonamides is 1. The van der Waals surface area contributed by atoms with Crippen molar-refractivity contribution in [3.63, 3.8) is 0 Å². The van der Waals surface area contributed by atoms with Crippen LogP contribution in [0, 0.1) is 34.4 Å². The van der Waals surface area contributed by atoms with Gasteiger partial charge in [0.25, 0.3) is 0 Å². The van der Waals surface area contributed by atoms with Gasteiger partial charge in [-0.05, 0) is 110 Å². The summed E-state index contributed by atoms with van der Waals surface area (Å²) in [5, 5.41) is 3.31. The standard InChI is InChI=1S/C44H61FN4O4S/c1-30-38-23-34(44(38,5)6)24-39(30)46-42(50)40-20-21-54(51,52)49(40)27-32-13-11-12-31(22-32)26-48(36(29-47(7)8)25-43(2,3)4)28-33-14-9-10-15-41(33)53-37-18-16-35(45)17-19-37/h9-19,22,30,34,36,38-40H,20-21,23-29H2,1-8H3,(H,46,50)/t30-,34-,36-,38+,39-,40?/m0/s1. The number of rotatable bonds is 14. The van der Waals surface area contributed by atoms with E-state index in [9.17, 15) is 17.6 Å². The van der Waals surface area contributed by atoms with E-state index in [0.717, 1.165) is 36.1 Å². The topological polar surface area (TPSA) is 82.2 Å². The van der Waals surface area contributed by atoms with Crippen LogP contribution in [0.15, 0.2) is 72.8 Å². The molecule has 6 atom stereocenters. The fourth-order valence-corrected chi connectivity index (χ4v) is 11.1. The van der Waals surface area contributed by atoms with Gasteiger partial charge in [-0.3, -0.25) is 9.69 Å². The fourth-order valence-electron chi connectivity index (χ4n) is 9.38. The first kappa shape index (κ1) is 40.4. The van der Waals surface area contributed by atoms with Crippen molar-refractivity contribution >= 4 is 15.9 Å². The largest absolute Gasteiger partial charge is 0.457 e. The number of hydrogen-bond donors (Lipinski definition) is 1. The van der Waals surface area contributed by atoms with E-state index in [1.807, 2.05) is 30.3 Å². The van der Waals surface area contributed by atoms with Gasteiger partial charge in [-0.1, -0.05) is 84.0 Å². The number of amides is 1. The number of fused-ring (bicyclic) bond motifs is 2. The predicted molar refractivity (Wildman–Crippen MR) is 214 cm³/mol. The Labute approximate surface area is 323 Å². The first-order valence-electron chi connectivity index (χ1n) is 19.7. The van der Waals surface area contributed by atoms with Crippen LogP contribution >= 0.6 is 0 Å². The summed E-state index contributed by atoms with van der Waals surface area (Å²) in [6.45, 7) is 16.0. The third-order valence-corrected chi connectivity index (χ3v) is 14.2. The lowest BCUT2D eigenvalue weighted by Crippen LogP contribution is -2.61. The third-order valence-electron chi connectivity index (χ3n) is 12.4. The lowest BCUT2D eigenvalue weighted by molar-refractivity contribution is -0.136. The van der Waals surface area contributed by atoms with Crippen molar-refractivity contribution in [1.82, 2.24) is 19.4 Å². The molecular formula is C44H61FN4O4S. The van der Waals surface area contributed by atoms with Crippen LogP contribution in [0.4, 0.5) is 4.39 Å². The lowest BCUT2D eigenvalue weighted by atomic mass is 9.45. The van der Waals surface area contributed by atoms with E-state index in [1.54, 1.807) is 12.1 Å². The SMILES string of the molecule is C[C@@H]1[C@@H](NC(=O)C2CCS(=O)(=O)N2Cc2cccc(CN(Cc3ccccc3Oc3ccc(F)cc3)[C@H](CN(C)C)CC(C)(C)C)c2)C[C@@H]2C[C@H]1C2(C)C. The van der Waals surface area contributed by atoms with Gasteiger partial charge in [0.2, 0.25) is 15.9 Å².